The molecule has 0 aromatic carbocycles. The maximum Gasteiger partial charge on any atom is 0.0589 e. The summed E-state index contributed by atoms with van der Waals surface area (Å²) in [6, 6.07) is 2.04. The first-order chi connectivity index (χ1) is 8.06. The molecule has 1 N–H and O–H groups in total. The second-order valence-electron chi connectivity index (χ2n) is 5.74. The van der Waals surface area contributed by atoms with Crippen LogP contribution in [0, 0.1) is 5.92 Å². The molecule has 2 atom stereocenters. The van der Waals surface area contributed by atoms with Gasteiger partial charge >= 0.3 is 0 Å². The molecule has 1 aliphatic carbocycles. The number of nitrogens with zero attached hydrogens (tertiary/aromatic N) is 1. The zero-order valence-electron chi connectivity index (χ0n) is 12.2. The molecule has 0 aliphatic heterocycles. The molecule has 3 heteroatoms. The molecule has 0 saturated heterocycles. The van der Waals surface area contributed by atoms with E-state index in [2.05, 4.69) is 37.9 Å². The second kappa shape index (κ2) is 7.34. The van der Waals surface area contributed by atoms with Gasteiger partial charge in [0.25, 0.3) is 0 Å². The molecule has 17 heavy (non-hydrogen) atoms. The number of hydrogen-bond donors (Lipinski definition) is 1. The first-order valence-electron chi connectivity index (χ1n) is 7.04. The highest BCUT2D eigenvalue weighted by Crippen LogP contribution is 2.30. The highest BCUT2D eigenvalue weighted by molar-refractivity contribution is 4.89. The van der Waals surface area contributed by atoms with Crippen molar-refractivity contribution in [3.63, 3.8) is 0 Å². The summed E-state index contributed by atoms with van der Waals surface area (Å²) in [5.74, 6) is 0.690. The van der Waals surface area contributed by atoms with Crippen LogP contribution in [-0.2, 0) is 4.74 Å². The quantitative estimate of drug-likeness (QED) is 0.670. The van der Waals surface area contributed by atoms with E-state index in [1.54, 1.807) is 7.11 Å². The molecule has 1 fully saturated rings. The third kappa shape index (κ3) is 5.36. The summed E-state index contributed by atoms with van der Waals surface area (Å²) >= 11 is 0. The van der Waals surface area contributed by atoms with Gasteiger partial charge in [0.15, 0.2) is 0 Å². The maximum absolute atomic E-state index is 5.22. The van der Waals surface area contributed by atoms with Crippen molar-refractivity contribution >= 4 is 0 Å². The summed E-state index contributed by atoms with van der Waals surface area (Å²) in [7, 11) is 1.79. The monoisotopic (exact) mass is 242 g/mol. The van der Waals surface area contributed by atoms with Crippen LogP contribution in [-0.4, -0.2) is 49.8 Å². The topological polar surface area (TPSA) is 24.5 Å². The van der Waals surface area contributed by atoms with Crippen molar-refractivity contribution in [2.75, 3.05) is 26.8 Å². The van der Waals surface area contributed by atoms with E-state index in [9.17, 15) is 0 Å². The van der Waals surface area contributed by atoms with E-state index >= 15 is 0 Å². The summed E-state index contributed by atoms with van der Waals surface area (Å²) in [6.45, 7) is 12.2. The molecule has 0 spiro atoms. The van der Waals surface area contributed by atoms with Gasteiger partial charge in [0.05, 0.1) is 6.61 Å². The van der Waals surface area contributed by atoms with Gasteiger partial charge in [-0.05, 0) is 32.2 Å². The maximum atomic E-state index is 5.22. The van der Waals surface area contributed by atoms with Crippen LogP contribution in [0.1, 0.15) is 40.5 Å². The normalized spacial score (nSPS) is 19.9. The largest absolute Gasteiger partial charge is 0.383 e. The molecular formula is C14H30N2O. The van der Waals surface area contributed by atoms with Gasteiger partial charge in [-0.25, -0.2) is 0 Å². The van der Waals surface area contributed by atoms with E-state index in [1.165, 1.54) is 12.8 Å². The highest BCUT2D eigenvalue weighted by atomic mass is 16.5. The Morgan fingerprint density at radius 3 is 2.35 bits per heavy atom. The van der Waals surface area contributed by atoms with E-state index in [0.717, 1.165) is 25.7 Å². The molecule has 1 aliphatic rings. The van der Waals surface area contributed by atoms with Gasteiger partial charge in [-0.1, -0.05) is 20.8 Å². The van der Waals surface area contributed by atoms with E-state index in [1.807, 2.05) is 0 Å². The Morgan fingerprint density at radius 1 is 1.24 bits per heavy atom. The Kier molecular flexibility index (Phi) is 6.45. The van der Waals surface area contributed by atoms with Gasteiger partial charge < -0.3 is 10.1 Å². The Labute approximate surface area is 107 Å². The van der Waals surface area contributed by atoms with E-state index < -0.39 is 0 Å². The van der Waals surface area contributed by atoms with Crippen molar-refractivity contribution in [3.8, 4) is 0 Å². The summed E-state index contributed by atoms with van der Waals surface area (Å²) < 4.78 is 5.22. The number of methoxy groups -OCH3 is 1. The van der Waals surface area contributed by atoms with Crippen molar-refractivity contribution < 1.29 is 4.74 Å². The average molecular weight is 242 g/mol. The Hall–Kier alpha value is -0.120. The fraction of sp³-hybridized carbons (Fsp3) is 1.00. The standard InChI is InChI=1S/C14H30N2O/c1-11(2)15-10-12(3)13(4)16(8-9-17-5)14-6-7-14/h11-15H,6-10H2,1-5H3. The van der Waals surface area contributed by atoms with Gasteiger partial charge in [-0.3, -0.25) is 4.90 Å². The van der Waals surface area contributed by atoms with Crippen molar-refractivity contribution in [2.45, 2.75) is 58.7 Å². The lowest BCUT2D eigenvalue weighted by atomic mass is 10.0. The van der Waals surface area contributed by atoms with Crippen molar-refractivity contribution in [1.29, 1.82) is 0 Å². The molecule has 1 saturated carbocycles. The molecule has 0 aromatic heterocycles. The lowest BCUT2D eigenvalue weighted by Crippen LogP contribution is -2.44. The van der Waals surface area contributed by atoms with E-state index in [4.69, 9.17) is 4.74 Å². The zero-order valence-corrected chi connectivity index (χ0v) is 12.2. The fourth-order valence-corrected chi connectivity index (χ4v) is 2.24. The fourth-order valence-electron chi connectivity index (χ4n) is 2.24. The minimum absolute atomic E-state index is 0.581. The van der Waals surface area contributed by atoms with Gasteiger partial charge in [0.2, 0.25) is 0 Å². The number of nitrogens with one attached hydrogen (secondary N) is 1. The van der Waals surface area contributed by atoms with Crippen molar-refractivity contribution in [1.82, 2.24) is 10.2 Å². The Balaban J connectivity index is 2.36. The first kappa shape index (κ1) is 14.9. The Morgan fingerprint density at radius 2 is 1.88 bits per heavy atom. The predicted molar refractivity (Wildman–Crippen MR) is 73.4 cm³/mol. The van der Waals surface area contributed by atoms with Crippen LogP contribution in [0.4, 0.5) is 0 Å². The highest BCUT2D eigenvalue weighted by Gasteiger charge is 2.33. The van der Waals surface area contributed by atoms with Gasteiger partial charge in [-0.2, -0.15) is 0 Å². The summed E-state index contributed by atoms with van der Waals surface area (Å²) in [5, 5.41) is 3.54. The van der Waals surface area contributed by atoms with Crippen molar-refractivity contribution in [2.24, 2.45) is 5.92 Å². The minimum atomic E-state index is 0.581. The number of rotatable bonds is 9. The van der Waals surface area contributed by atoms with Gasteiger partial charge in [0.1, 0.15) is 0 Å². The average Bonchev–Trinajstić information content (AvgIpc) is 3.10. The summed E-state index contributed by atoms with van der Waals surface area (Å²) in [4.78, 5) is 2.64. The predicted octanol–water partition coefficient (Wildman–Crippen LogP) is 2.12. The number of ether oxygens (including phenoxy) is 1. The van der Waals surface area contributed by atoms with Crippen LogP contribution in [0.5, 0.6) is 0 Å². The molecule has 2 unspecified atom stereocenters. The third-order valence-electron chi connectivity index (χ3n) is 3.76. The van der Waals surface area contributed by atoms with Crippen LogP contribution in [0.2, 0.25) is 0 Å². The molecule has 0 heterocycles. The minimum Gasteiger partial charge on any atom is -0.383 e. The molecular weight excluding hydrogens is 212 g/mol. The molecule has 3 nitrogen and oxygen atoms in total. The van der Waals surface area contributed by atoms with E-state index in [0.29, 0.717) is 18.0 Å². The Bertz CT molecular complexity index is 204. The smallest absolute Gasteiger partial charge is 0.0589 e. The zero-order chi connectivity index (χ0) is 12.8. The van der Waals surface area contributed by atoms with Crippen LogP contribution >= 0.6 is 0 Å². The van der Waals surface area contributed by atoms with Crippen LogP contribution < -0.4 is 5.32 Å². The molecule has 0 radical (unpaired) electrons. The molecule has 0 aromatic rings. The molecule has 0 amide bonds. The van der Waals surface area contributed by atoms with Gasteiger partial charge in [0, 0.05) is 31.8 Å². The number of hydrogen-bond acceptors (Lipinski definition) is 3. The third-order valence-corrected chi connectivity index (χ3v) is 3.76. The van der Waals surface area contributed by atoms with Gasteiger partial charge in [-0.15, -0.1) is 0 Å². The van der Waals surface area contributed by atoms with Crippen LogP contribution in [0.25, 0.3) is 0 Å². The second-order valence-corrected chi connectivity index (χ2v) is 5.74. The lowest BCUT2D eigenvalue weighted by Gasteiger charge is -2.33. The first-order valence-corrected chi connectivity index (χ1v) is 7.04. The summed E-state index contributed by atoms with van der Waals surface area (Å²) in [6.07, 6.45) is 2.75. The lowest BCUT2D eigenvalue weighted by molar-refractivity contribution is 0.0971. The molecule has 102 valence electrons. The van der Waals surface area contributed by atoms with Crippen molar-refractivity contribution in [3.05, 3.63) is 0 Å². The molecule has 1 rings (SSSR count). The van der Waals surface area contributed by atoms with Crippen LogP contribution in [0.15, 0.2) is 0 Å². The molecule has 0 bridgehead atoms. The van der Waals surface area contributed by atoms with E-state index in [-0.39, 0.29) is 0 Å². The SMILES string of the molecule is COCCN(C1CC1)C(C)C(C)CNC(C)C. The summed E-state index contributed by atoms with van der Waals surface area (Å²) in [5.41, 5.74) is 0. The van der Waals surface area contributed by atoms with Crippen LogP contribution in [0.3, 0.4) is 0 Å².